The molecular formula is C30H46NO3+. The third-order valence-electron chi connectivity index (χ3n) is 6.62. The summed E-state index contributed by atoms with van der Waals surface area (Å²) in [5, 5.41) is 0. The number of aryl methyl sites for hydroxylation is 1. The van der Waals surface area contributed by atoms with Crippen molar-refractivity contribution in [3.05, 3.63) is 65.7 Å². The highest BCUT2D eigenvalue weighted by Crippen LogP contribution is 2.17. The standard InChI is InChI=1S/C30H46NO3/c1-5-6-7-8-9-10-12-16-27-19-21-29(22-20-27)33-23-15-24-34-30(32)26(2)31(3,4)25-28-17-13-11-14-18-28/h11,13-14,17-22,26H,5-10,12,15-16,23-25H2,1-4H3/q+1. The van der Waals surface area contributed by atoms with Gasteiger partial charge in [-0.3, -0.25) is 0 Å². The Morgan fingerprint density at radius 2 is 1.44 bits per heavy atom. The van der Waals surface area contributed by atoms with Gasteiger partial charge in [0.1, 0.15) is 12.3 Å². The Kier molecular flexibility index (Phi) is 12.8. The summed E-state index contributed by atoms with van der Waals surface area (Å²) in [5.41, 5.74) is 2.59. The minimum Gasteiger partial charge on any atom is -0.493 e. The molecule has 188 valence electrons. The van der Waals surface area contributed by atoms with Gasteiger partial charge < -0.3 is 14.0 Å². The number of ether oxygens (including phenoxy) is 2. The van der Waals surface area contributed by atoms with Gasteiger partial charge in [0.25, 0.3) is 0 Å². The van der Waals surface area contributed by atoms with Crippen molar-refractivity contribution in [2.45, 2.75) is 84.2 Å². The third kappa shape index (κ3) is 10.7. The van der Waals surface area contributed by atoms with Crippen LogP contribution in [0.3, 0.4) is 0 Å². The number of unbranched alkanes of at least 4 members (excludes halogenated alkanes) is 6. The molecule has 0 radical (unpaired) electrons. The molecule has 2 aromatic rings. The molecule has 0 aromatic heterocycles. The van der Waals surface area contributed by atoms with Crippen LogP contribution in [-0.2, 0) is 22.5 Å². The van der Waals surface area contributed by atoms with E-state index in [4.69, 9.17) is 9.47 Å². The number of esters is 1. The number of nitrogens with zero attached hydrogens (tertiary/aromatic N) is 1. The molecule has 0 saturated heterocycles. The van der Waals surface area contributed by atoms with Gasteiger partial charge in [-0.1, -0.05) is 87.9 Å². The van der Waals surface area contributed by atoms with Crippen LogP contribution in [0.15, 0.2) is 54.6 Å². The van der Waals surface area contributed by atoms with E-state index in [0.717, 1.165) is 18.7 Å². The first-order valence-corrected chi connectivity index (χ1v) is 13.2. The first-order valence-electron chi connectivity index (χ1n) is 13.2. The maximum Gasteiger partial charge on any atom is 0.364 e. The second kappa shape index (κ2) is 15.5. The number of benzene rings is 2. The second-order valence-corrected chi connectivity index (χ2v) is 9.98. The molecule has 0 spiro atoms. The lowest BCUT2D eigenvalue weighted by atomic mass is 10.0. The fourth-order valence-electron chi connectivity index (χ4n) is 4.06. The van der Waals surface area contributed by atoms with E-state index in [0.29, 0.717) is 24.1 Å². The smallest absolute Gasteiger partial charge is 0.364 e. The lowest BCUT2D eigenvalue weighted by molar-refractivity contribution is -0.917. The molecule has 2 rings (SSSR count). The van der Waals surface area contributed by atoms with Gasteiger partial charge in [-0.15, -0.1) is 0 Å². The molecule has 0 fully saturated rings. The molecular weight excluding hydrogens is 422 g/mol. The fraction of sp³-hybridized carbons (Fsp3) is 0.567. The fourth-order valence-corrected chi connectivity index (χ4v) is 4.06. The quantitative estimate of drug-likeness (QED) is 0.143. The minimum atomic E-state index is -0.231. The number of hydrogen-bond donors (Lipinski definition) is 0. The summed E-state index contributed by atoms with van der Waals surface area (Å²) in [6, 6.07) is 18.5. The number of rotatable bonds is 17. The Morgan fingerprint density at radius 1 is 0.794 bits per heavy atom. The first-order chi connectivity index (χ1) is 16.4. The molecule has 0 N–H and O–H groups in total. The van der Waals surface area contributed by atoms with Crippen molar-refractivity contribution in [2.24, 2.45) is 0 Å². The van der Waals surface area contributed by atoms with Gasteiger partial charge in [-0.05, 0) is 37.5 Å². The number of hydrogen-bond acceptors (Lipinski definition) is 3. The second-order valence-electron chi connectivity index (χ2n) is 9.98. The predicted octanol–water partition coefficient (Wildman–Crippen LogP) is 6.96. The van der Waals surface area contributed by atoms with Crippen LogP contribution < -0.4 is 4.74 Å². The molecule has 1 unspecified atom stereocenters. The van der Waals surface area contributed by atoms with Gasteiger partial charge in [0.2, 0.25) is 0 Å². The maximum absolute atomic E-state index is 12.5. The van der Waals surface area contributed by atoms with Crippen LogP contribution in [0.2, 0.25) is 0 Å². The highest BCUT2D eigenvalue weighted by molar-refractivity contribution is 5.74. The van der Waals surface area contributed by atoms with Crippen LogP contribution in [0.5, 0.6) is 5.75 Å². The Morgan fingerprint density at radius 3 is 2.12 bits per heavy atom. The number of quaternary nitrogens is 1. The Bertz CT molecular complexity index is 802. The molecule has 1 atom stereocenters. The summed E-state index contributed by atoms with van der Waals surface area (Å²) in [7, 11) is 4.14. The van der Waals surface area contributed by atoms with Crippen LogP contribution >= 0.6 is 0 Å². The number of carbonyl (C=O) groups is 1. The van der Waals surface area contributed by atoms with Crippen LogP contribution in [-0.4, -0.2) is 43.8 Å². The van der Waals surface area contributed by atoms with E-state index in [1.54, 1.807) is 0 Å². The first kappa shape index (κ1) is 27.9. The summed E-state index contributed by atoms with van der Waals surface area (Å²) < 4.78 is 11.9. The van der Waals surface area contributed by atoms with Gasteiger partial charge in [-0.25, -0.2) is 4.79 Å². The molecule has 4 nitrogen and oxygen atoms in total. The molecule has 2 aromatic carbocycles. The molecule has 4 heteroatoms. The van der Waals surface area contributed by atoms with Crippen molar-refractivity contribution in [2.75, 3.05) is 27.3 Å². The third-order valence-corrected chi connectivity index (χ3v) is 6.62. The average Bonchev–Trinajstić information content (AvgIpc) is 2.84. The molecule has 0 aliphatic rings. The van der Waals surface area contributed by atoms with Crippen molar-refractivity contribution in [3.63, 3.8) is 0 Å². The van der Waals surface area contributed by atoms with Crippen molar-refractivity contribution in [1.82, 2.24) is 0 Å². The summed E-state index contributed by atoms with van der Waals surface area (Å²) in [4.78, 5) is 12.5. The van der Waals surface area contributed by atoms with Gasteiger partial charge in [0.05, 0.1) is 27.3 Å². The topological polar surface area (TPSA) is 35.5 Å². The predicted molar refractivity (Wildman–Crippen MR) is 141 cm³/mol. The van der Waals surface area contributed by atoms with Crippen LogP contribution in [0.1, 0.15) is 76.3 Å². The van der Waals surface area contributed by atoms with E-state index in [1.807, 2.05) is 37.3 Å². The van der Waals surface area contributed by atoms with Crippen molar-refractivity contribution >= 4 is 5.97 Å². The molecule has 0 bridgehead atoms. The van der Waals surface area contributed by atoms with E-state index in [9.17, 15) is 4.79 Å². The van der Waals surface area contributed by atoms with Gasteiger partial charge in [-0.2, -0.15) is 0 Å². The zero-order chi connectivity index (χ0) is 24.7. The van der Waals surface area contributed by atoms with Crippen molar-refractivity contribution < 1.29 is 18.8 Å². The Labute approximate surface area is 207 Å². The van der Waals surface area contributed by atoms with Gasteiger partial charge >= 0.3 is 5.97 Å². The monoisotopic (exact) mass is 468 g/mol. The minimum absolute atomic E-state index is 0.157. The molecule has 0 aliphatic carbocycles. The summed E-state index contributed by atoms with van der Waals surface area (Å²) >= 11 is 0. The average molecular weight is 469 g/mol. The van der Waals surface area contributed by atoms with Crippen LogP contribution in [0.25, 0.3) is 0 Å². The number of carbonyl (C=O) groups excluding carboxylic acids is 1. The van der Waals surface area contributed by atoms with E-state index < -0.39 is 0 Å². The lowest BCUT2D eigenvalue weighted by Crippen LogP contribution is -2.51. The normalized spacial score (nSPS) is 12.4. The SMILES string of the molecule is CCCCCCCCCc1ccc(OCCCOC(=O)C(C)[N+](C)(C)Cc2ccccc2)cc1. The van der Waals surface area contributed by atoms with Crippen molar-refractivity contribution in [1.29, 1.82) is 0 Å². The summed E-state index contributed by atoms with van der Waals surface area (Å²) in [6.45, 7) is 5.91. The summed E-state index contributed by atoms with van der Waals surface area (Å²) in [5.74, 6) is 0.722. The zero-order valence-corrected chi connectivity index (χ0v) is 21.9. The van der Waals surface area contributed by atoms with Crippen molar-refractivity contribution in [3.8, 4) is 5.75 Å². The van der Waals surface area contributed by atoms with E-state index in [2.05, 4.69) is 45.3 Å². The summed E-state index contributed by atoms with van der Waals surface area (Å²) in [6.07, 6.45) is 11.2. The Hall–Kier alpha value is -2.33. The zero-order valence-electron chi connectivity index (χ0n) is 21.9. The van der Waals surface area contributed by atoms with E-state index in [-0.39, 0.29) is 12.0 Å². The van der Waals surface area contributed by atoms with Crippen LogP contribution in [0.4, 0.5) is 0 Å². The van der Waals surface area contributed by atoms with Gasteiger partial charge in [0, 0.05) is 12.0 Å². The molecule has 34 heavy (non-hydrogen) atoms. The van der Waals surface area contributed by atoms with E-state index >= 15 is 0 Å². The molecule has 0 heterocycles. The van der Waals surface area contributed by atoms with E-state index in [1.165, 1.54) is 56.1 Å². The highest BCUT2D eigenvalue weighted by Gasteiger charge is 2.32. The highest BCUT2D eigenvalue weighted by atomic mass is 16.5. The Balaban J connectivity index is 1.59. The largest absolute Gasteiger partial charge is 0.493 e. The molecule has 0 amide bonds. The van der Waals surface area contributed by atoms with Crippen LogP contribution in [0, 0.1) is 0 Å². The molecule has 0 aliphatic heterocycles. The molecule has 0 saturated carbocycles. The lowest BCUT2D eigenvalue weighted by Gasteiger charge is -2.34. The number of likely N-dealkylation sites (N-methyl/N-ethyl adjacent to an activating group) is 1. The van der Waals surface area contributed by atoms with Gasteiger partial charge in [0.15, 0.2) is 6.04 Å². The maximum atomic E-state index is 12.5.